The lowest BCUT2D eigenvalue weighted by molar-refractivity contribution is 0.0834. The molecule has 0 unspecified atom stereocenters. The maximum Gasteiger partial charge on any atom is 0.319 e. The number of tetrazole rings is 1. The first-order valence-electron chi connectivity index (χ1n) is 23.7. The molecule has 17 nitrogen and oxygen atoms in total. The Morgan fingerprint density at radius 3 is 2.09 bits per heavy atom. The summed E-state index contributed by atoms with van der Waals surface area (Å²) in [5, 5.41) is 33.8. The molecule has 2 heterocycles. The normalized spacial score (nSPS) is 16.5. The second kappa shape index (κ2) is 27.7. The number of anilines is 2. The van der Waals surface area contributed by atoms with Crippen molar-refractivity contribution in [1.82, 2.24) is 52.9 Å². The van der Waals surface area contributed by atoms with Gasteiger partial charge in [-0.1, -0.05) is 55.5 Å². The Hall–Kier alpha value is -6.38. The van der Waals surface area contributed by atoms with Gasteiger partial charge in [-0.3, -0.25) is 9.89 Å². The van der Waals surface area contributed by atoms with Crippen LogP contribution in [0, 0.1) is 23.5 Å². The predicted octanol–water partition coefficient (Wildman–Crippen LogP) is 7.57. The minimum absolute atomic E-state index is 0. The Bertz CT molecular complexity index is 2400. The molecular weight excluding hydrogens is 895 g/mol. The van der Waals surface area contributed by atoms with Crippen molar-refractivity contribution in [1.29, 1.82) is 0 Å². The van der Waals surface area contributed by atoms with Crippen LogP contribution in [0.1, 0.15) is 69.6 Å². The van der Waals surface area contributed by atoms with Crippen LogP contribution in [0.2, 0.25) is 0 Å². The first kappa shape index (κ1) is 56.2. The number of aryl methyl sites for hydroxylation is 2. The molecule has 2 aliphatic rings. The number of urea groups is 2. The van der Waals surface area contributed by atoms with Gasteiger partial charge in [0.2, 0.25) is 0 Å². The van der Waals surface area contributed by atoms with Gasteiger partial charge in [0.15, 0.2) is 5.82 Å². The number of benzene rings is 4. The summed E-state index contributed by atoms with van der Waals surface area (Å²) in [6.07, 6.45) is 6.68. The third-order valence-electron chi connectivity index (χ3n) is 12.7. The highest BCUT2D eigenvalue weighted by Gasteiger charge is 2.31. The topological polar surface area (TPSA) is 261 Å². The van der Waals surface area contributed by atoms with Crippen LogP contribution in [-0.2, 0) is 19.9 Å². The molecule has 4 aromatic carbocycles. The summed E-state index contributed by atoms with van der Waals surface area (Å²) < 4.78 is 27.8. The molecule has 380 valence electrons. The number of piperidine rings is 1. The van der Waals surface area contributed by atoms with Crippen LogP contribution < -0.4 is 39.3 Å². The van der Waals surface area contributed by atoms with Gasteiger partial charge in [-0.25, -0.2) is 23.1 Å². The van der Waals surface area contributed by atoms with Crippen LogP contribution >= 0.6 is 0 Å². The molecule has 70 heavy (non-hydrogen) atoms. The van der Waals surface area contributed by atoms with Gasteiger partial charge in [0.05, 0.1) is 12.1 Å². The summed E-state index contributed by atoms with van der Waals surface area (Å²) in [6, 6.07) is 27.5. The van der Waals surface area contributed by atoms with Gasteiger partial charge < -0.3 is 49.3 Å². The summed E-state index contributed by atoms with van der Waals surface area (Å²) in [5.74, 6) is 1.49. The first-order chi connectivity index (χ1) is 32.7. The third-order valence-corrected chi connectivity index (χ3v) is 12.7. The second-order valence-electron chi connectivity index (χ2n) is 18.3. The maximum atomic E-state index is 13.2. The van der Waals surface area contributed by atoms with Crippen LogP contribution in [0.3, 0.4) is 0 Å². The van der Waals surface area contributed by atoms with Crippen molar-refractivity contribution >= 4 is 29.3 Å². The van der Waals surface area contributed by atoms with Crippen molar-refractivity contribution in [2.24, 2.45) is 29.6 Å². The molecule has 1 saturated heterocycles. The molecule has 1 aliphatic heterocycles. The van der Waals surface area contributed by atoms with E-state index in [4.69, 9.17) is 5.73 Å². The fourth-order valence-electron chi connectivity index (χ4n) is 8.48. The van der Waals surface area contributed by atoms with Gasteiger partial charge >= 0.3 is 12.1 Å². The number of halogens is 2. The minimum atomic E-state index is -0.705. The Kier molecular flexibility index (Phi) is 22.3. The van der Waals surface area contributed by atoms with E-state index in [1.807, 2.05) is 67.6 Å². The Balaban J connectivity index is 0.000000297. The number of nitrogens with zero attached hydrogens (tertiary/aromatic N) is 7. The van der Waals surface area contributed by atoms with Crippen molar-refractivity contribution < 1.29 is 23.5 Å². The molecule has 1 aromatic heterocycles. The number of amidine groups is 1. The zero-order valence-electron chi connectivity index (χ0n) is 41.3. The second-order valence-corrected chi connectivity index (χ2v) is 18.3. The quantitative estimate of drug-likeness (QED) is 0.0296. The number of likely N-dealkylation sites (tertiary alicyclic amines) is 1. The summed E-state index contributed by atoms with van der Waals surface area (Å²) in [5.41, 5.74) is 11.0. The number of aromatic nitrogens is 4. The molecule has 19 heteroatoms. The Morgan fingerprint density at radius 2 is 1.47 bits per heavy atom. The Labute approximate surface area is 411 Å². The van der Waals surface area contributed by atoms with Crippen molar-refractivity contribution in [3.63, 3.8) is 0 Å². The molecule has 1 aliphatic carbocycles. The van der Waals surface area contributed by atoms with Gasteiger partial charge in [-0.05, 0) is 154 Å². The zero-order valence-corrected chi connectivity index (χ0v) is 41.3. The molecular formula is C51H74F2N14O3. The molecule has 0 radical (unpaired) electrons. The lowest BCUT2D eigenvalue weighted by atomic mass is 9.90. The number of hydrogen-bond donors (Lipinski definition) is 8. The van der Waals surface area contributed by atoms with Gasteiger partial charge in [0.25, 0.3) is 0 Å². The number of amides is 4. The van der Waals surface area contributed by atoms with E-state index in [2.05, 4.69) is 58.5 Å². The van der Waals surface area contributed by atoms with E-state index in [1.165, 1.54) is 30.5 Å². The van der Waals surface area contributed by atoms with Gasteiger partial charge in [-0.15, -0.1) is 5.10 Å². The van der Waals surface area contributed by atoms with Crippen molar-refractivity contribution in [3.05, 3.63) is 125 Å². The first-order valence-corrected chi connectivity index (χ1v) is 23.7. The van der Waals surface area contributed by atoms with E-state index in [0.717, 1.165) is 75.0 Å². The molecule has 13 N–H and O–H groups in total. The lowest BCUT2D eigenvalue weighted by Crippen LogP contribution is -2.48. The lowest BCUT2D eigenvalue weighted by Gasteiger charge is -2.35. The summed E-state index contributed by atoms with van der Waals surface area (Å²) in [4.78, 5) is 33.9. The van der Waals surface area contributed by atoms with Gasteiger partial charge in [0.1, 0.15) is 17.5 Å². The molecule has 5 aromatic rings. The van der Waals surface area contributed by atoms with Crippen molar-refractivity contribution in [3.8, 4) is 11.4 Å². The monoisotopic (exact) mass is 969 g/mol. The molecule has 4 amide bonds. The summed E-state index contributed by atoms with van der Waals surface area (Å²) in [6.45, 7) is 10.4. The molecule has 5 atom stereocenters. The van der Waals surface area contributed by atoms with Gasteiger partial charge in [0, 0.05) is 68.3 Å². The van der Waals surface area contributed by atoms with E-state index in [9.17, 15) is 23.5 Å². The number of hydrogen-bond acceptors (Lipinski definition) is 11. The highest BCUT2D eigenvalue weighted by molar-refractivity contribution is 5.99. The number of aliphatic hydroxyl groups excluding tert-OH is 1. The predicted molar refractivity (Wildman–Crippen MR) is 274 cm³/mol. The molecule has 0 bridgehead atoms. The van der Waals surface area contributed by atoms with E-state index in [1.54, 1.807) is 50.0 Å². The van der Waals surface area contributed by atoms with Crippen LogP contribution in [0.4, 0.5) is 29.7 Å². The average molecular weight is 969 g/mol. The van der Waals surface area contributed by atoms with Gasteiger partial charge in [-0.2, -0.15) is 0 Å². The fourth-order valence-corrected chi connectivity index (χ4v) is 8.48. The number of aliphatic imine (C=N–C) groups is 1. The largest absolute Gasteiger partial charge is 0.390 e. The van der Waals surface area contributed by atoms with E-state index in [-0.39, 0.29) is 42.0 Å². The molecule has 0 spiro atoms. The number of nitrogens with two attached hydrogens (primary N) is 1. The summed E-state index contributed by atoms with van der Waals surface area (Å²) in [7, 11) is 3.39. The number of rotatable bonds is 19. The number of aliphatic hydroxyl groups is 1. The molecule has 7 rings (SSSR count). The number of carbonyl (C=O) groups excluding carboxylic acids is 2. The van der Waals surface area contributed by atoms with Crippen molar-refractivity contribution in [2.75, 3.05) is 50.4 Å². The molecule has 1 saturated carbocycles. The number of carbonyl (C=O) groups is 2. The highest BCUT2D eigenvalue weighted by Crippen LogP contribution is 2.28. The van der Waals surface area contributed by atoms with E-state index in [0.29, 0.717) is 47.5 Å². The van der Waals surface area contributed by atoms with Crippen LogP contribution in [0.15, 0.2) is 102 Å². The Morgan fingerprint density at radius 1 is 0.857 bits per heavy atom. The summed E-state index contributed by atoms with van der Waals surface area (Å²) >= 11 is 0. The van der Waals surface area contributed by atoms with E-state index >= 15 is 0 Å². The smallest absolute Gasteiger partial charge is 0.319 e. The van der Waals surface area contributed by atoms with Crippen LogP contribution in [0.5, 0.6) is 0 Å². The third kappa shape index (κ3) is 17.9. The van der Waals surface area contributed by atoms with Crippen molar-refractivity contribution in [2.45, 2.75) is 89.9 Å². The maximum absolute atomic E-state index is 13.2. The zero-order chi connectivity index (χ0) is 48.6. The minimum Gasteiger partial charge on any atom is -0.390 e. The highest BCUT2D eigenvalue weighted by atomic mass is 19.1. The van der Waals surface area contributed by atoms with E-state index < -0.39 is 12.1 Å². The SMILES string of the molecule is CN=C(N)c1cccc(NC(=O)N[C@H](C)[C@@H](C)CN2CCC[C@@H](Cc3ccc(F)cc3)C2)c1.C[C@@H](NC(=O)Nc1cccc(-c2nnnn2C)c1)[C@@H](O)CN(CCCc1ccc(F)cc1)C1CC1.N.N. The molecule has 2 fully saturated rings. The standard InChI is InChI=1S/C26H36FN5O.C25H32FN7O2.2H3N/c1-18(16-32-13-5-6-21(17-32)14-20-9-11-23(27)12-10-20)19(2)30-26(33)31-24-8-4-7-22(15-24)25(28)29-3;1-17(27-25(35)28-21-7-3-6-19(15-21)24-29-30-31-32(24)2)23(34)16-33(22-12-13-22)14-4-5-18-8-10-20(26)11-9-18;;/h4,7-12,15,18-19,21H,5-6,13-14,16-17H2,1-3H3,(H2,28,29)(H2,30,31,33);3,6-11,15,17,22-23,34H,4-5,12-14,16H2,1-2H3,(H2,27,28,35);2*1H3/t18-,19+,21-;17-,23+;;/m01../s1. The van der Waals surface area contributed by atoms with Crippen LogP contribution in [0.25, 0.3) is 11.4 Å². The average Bonchev–Trinajstić information content (AvgIpc) is 4.08. The fraction of sp³-hybridized carbons (Fsp3) is 0.451. The van der Waals surface area contributed by atoms with Crippen LogP contribution in [-0.4, -0.2) is 117 Å². The number of nitrogens with one attached hydrogen (secondary N) is 4.